The molecule has 28 heavy (non-hydrogen) atoms. The molecule has 5 nitrogen and oxygen atoms in total. The van der Waals surface area contributed by atoms with Gasteiger partial charge in [-0.1, -0.05) is 49.6 Å². The van der Waals surface area contributed by atoms with Crippen LogP contribution in [0.3, 0.4) is 0 Å². The van der Waals surface area contributed by atoms with Gasteiger partial charge in [0, 0.05) is 11.6 Å². The van der Waals surface area contributed by atoms with Crippen LogP contribution in [0.25, 0.3) is 20.8 Å². The fraction of sp³-hybridized carbons (Fsp3) is 0.318. The zero-order valence-corrected chi connectivity index (χ0v) is 16.3. The standard InChI is InChI=1S/C22H22N2O3S/c25-20(23-15-8-2-1-3-9-15)14-27-22(26)17-11-5-4-10-16(17)21-24-18-12-6-7-13-19(18)28-21/h4-7,10-13,15H,1-3,8-9,14H2,(H,23,25). The highest BCUT2D eigenvalue weighted by Crippen LogP contribution is 2.32. The van der Waals surface area contributed by atoms with Crippen LogP contribution in [-0.2, 0) is 9.53 Å². The zero-order valence-electron chi connectivity index (χ0n) is 15.5. The quantitative estimate of drug-likeness (QED) is 0.644. The maximum Gasteiger partial charge on any atom is 0.339 e. The Kier molecular flexibility index (Phi) is 5.67. The number of ether oxygens (including phenoxy) is 1. The molecule has 4 rings (SSSR count). The summed E-state index contributed by atoms with van der Waals surface area (Å²) < 4.78 is 6.36. The van der Waals surface area contributed by atoms with Gasteiger partial charge in [0.2, 0.25) is 0 Å². The summed E-state index contributed by atoms with van der Waals surface area (Å²) in [6, 6.07) is 15.3. The van der Waals surface area contributed by atoms with Crippen LogP contribution >= 0.6 is 11.3 Å². The smallest absolute Gasteiger partial charge is 0.339 e. The number of rotatable bonds is 5. The maximum atomic E-state index is 12.6. The van der Waals surface area contributed by atoms with Crippen molar-refractivity contribution in [1.82, 2.24) is 10.3 Å². The number of hydrogen-bond donors (Lipinski definition) is 1. The second-order valence-electron chi connectivity index (χ2n) is 7.01. The molecule has 1 aliphatic rings. The van der Waals surface area contributed by atoms with Crippen molar-refractivity contribution in [3.05, 3.63) is 54.1 Å². The first-order valence-corrected chi connectivity index (χ1v) is 10.4. The van der Waals surface area contributed by atoms with Crippen molar-refractivity contribution in [2.45, 2.75) is 38.1 Å². The second kappa shape index (κ2) is 8.52. The minimum atomic E-state index is -0.506. The van der Waals surface area contributed by atoms with Gasteiger partial charge in [-0.3, -0.25) is 4.79 Å². The van der Waals surface area contributed by atoms with E-state index in [1.165, 1.54) is 17.8 Å². The molecule has 0 bridgehead atoms. The number of nitrogens with zero attached hydrogens (tertiary/aromatic N) is 1. The van der Waals surface area contributed by atoms with Gasteiger partial charge in [0.25, 0.3) is 5.91 Å². The lowest BCUT2D eigenvalue weighted by atomic mass is 9.95. The normalized spacial score (nSPS) is 14.7. The lowest BCUT2D eigenvalue weighted by Gasteiger charge is -2.22. The monoisotopic (exact) mass is 394 g/mol. The van der Waals surface area contributed by atoms with E-state index in [1.54, 1.807) is 12.1 Å². The summed E-state index contributed by atoms with van der Waals surface area (Å²) in [4.78, 5) is 29.4. The molecular weight excluding hydrogens is 372 g/mol. The van der Waals surface area contributed by atoms with Crippen molar-refractivity contribution in [2.24, 2.45) is 0 Å². The molecule has 1 amide bonds. The lowest BCUT2D eigenvalue weighted by Crippen LogP contribution is -2.38. The van der Waals surface area contributed by atoms with Crippen LogP contribution in [0.15, 0.2) is 48.5 Å². The van der Waals surface area contributed by atoms with Gasteiger partial charge in [0.05, 0.1) is 15.8 Å². The van der Waals surface area contributed by atoms with Crippen molar-refractivity contribution in [3.63, 3.8) is 0 Å². The first kappa shape index (κ1) is 18.6. The molecule has 1 aliphatic carbocycles. The van der Waals surface area contributed by atoms with E-state index in [1.807, 2.05) is 36.4 Å². The van der Waals surface area contributed by atoms with Crippen molar-refractivity contribution < 1.29 is 14.3 Å². The van der Waals surface area contributed by atoms with Crippen LogP contribution < -0.4 is 5.32 Å². The van der Waals surface area contributed by atoms with E-state index in [4.69, 9.17) is 4.74 Å². The predicted octanol–water partition coefficient (Wildman–Crippen LogP) is 4.57. The fourth-order valence-corrected chi connectivity index (χ4v) is 4.57. The predicted molar refractivity (Wildman–Crippen MR) is 110 cm³/mol. The Bertz CT molecular complexity index is 959. The van der Waals surface area contributed by atoms with Gasteiger partial charge in [-0.2, -0.15) is 0 Å². The molecule has 144 valence electrons. The summed E-state index contributed by atoms with van der Waals surface area (Å²) in [6.07, 6.45) is 5.50. The molecule has 1 aromatic heterocycles. The van der Waals surface area contributed by atoms with E-state index < -0.39 is 5.97 Å². The zero-order chi connectivity index (χ0) is 19.3. The Morgan fingerprint density at radius 1 is 1.04 bits per heavy atom. The number of esters is 1. The molecule has 0 saturated heterocycles. The Hall–Kier alpha value is -2.73. The highest BCUT2D eigenvalue weighted by atomic mass is 32.1. The Labute approximate surface area is 167 Å². The number of carbonyl (C=O) groups is 2. The third kappa shape index (κ3) is 4.22. The summed E-state index contributed by atoms with van der Waals surface area (Å²) >= 11 is 1.53. The number of hydrogen-bond acceptors (Lipinski definition) is 5. The van der Waals surface area contributed by atoms with Gasteiger partial charge >= 0.3 is 5.97 Å². The molecule has 0 atom stereocenters. The molecule has 0 spiro atoms. The molecule has 2 aromatic carbocycles. The molecular formula is C22H22N2O3S. The minimum Gasteiger partial charge on any atom is -0.452 e. The summed E-state index contributed by atoms with van der Waals surface area (Å²) in [6.45, 7) is -0.260. The molecule has 1 fully saturated rings. The van der Waals surface area contributed by atoms with Crippen molar-refractivity contribution in [2.75, 3.05) is 6.61 Å². The van der Waals surface area contributed by atoms with Crippen LogP contribution in [0.2, 0.25) is 0 Å². The molecule has 6 heteroatoms. The molecule has 0 unspecified atom stereocenters. The first-order chi connectivity index (χ1) is 13.7. The highest BCUT2D eigenvalue weighted by molar-refractivity contribution is 7.21. The Balaban J connectivity index is 1.45. The average Bonchev–Trinajstić information content (AvgIpc) is 3.17. The number of fused-ring (bicyclic) bond motifs is 1. The highest BCUT2D eigenvalue weighted by Gasteiger charge is 2.19. The third-order valence-corrected chi connectivity index (χ3v) is 6.05. The van der Waals surface area contributed by atoms with Gasteiger partial charge in [0.15, 0.2) is 6.61 Å². The number of thiazole rings is 1. The number of para-hydroxylation sites is 1. The Morgan fingerprint density at radius 2 is 1.79 bits per heavy atom. The van der Waals surface area contributed by atoms with E-state index in [2.05, 4.69) is 10.3 Å². The average molecular weight is 394 g/mol. The fourth-order valence-electron chi connectivity index (χ4n) is 3.56. The van der Waals surface area contributed by atoms with Crippen molar-refractivity contribution in [1.29, 1.82) is 0 Å². The second-order valence-corrected chi connectivity index (χ2v) is 8.04. The van der Waals surface area contributed by atoms with Crippen molar-refractivity contribution >= 4 is 33.4 Å². The van der Waals surface area contributed by atoms with E-state index in [9.17, 15) is 9.59 Å². The third-order valence-electron chi connectivity index (χ3n) is 4.98. The molecule has 1 saturated carbocycles. The van der Waals surface area contributed by atoms with Gasteiger partial charge in [0.1, 0.15) is 5.01 Å². The molecule has 3 aromatic rings. The van der Waals surface area contributed by atoms with Crippen LogP contribution in [0.5, 0.6) is 0 Å². The van der Waals surface area contributed by atoms with Crippen LogP contribution in [0, 0.1) is 0 Å². The minimum absolute atomic E-state index is 0.204. The molecule has 1 heterocycles. The lowest BCUT2D eigenvalue weighted by molar-refractivity contribution is -0.125. The van der Waals surface area contributed by atoms with E-state index >= 15 is 0 Å². The SMILES string of the molecule is O=C(COC(=O)c1ccccc1-c1nc2ccccc2s1)NC1CCCCC1. The van der Waals surface area contributed by atoms with E-state index in [0.717, 1.165) is 46.5 Å². The molecule has 0 radical (unpaired) electrons. The summed E-state index contributed by atoms with van der Waals surface area (Å²) in [5.41, 5.74) is 2.05. The number of aromatic nitrogens is 1. The van der Waals surface area contributed by atoms with Gasteiger partial charge in [-0.15, -0.1) is 11.3 Å². The number of benzene rings is 2. The molecule has 1 N–H and O–H groups in total. The summed E-state index contributed by atoms with van der Waals surface area (Å²) in [7, 11) is 0. The van der Waals surface area contributed by atoms with E-state index in [0.29, 0.717) is 5.56 Å². The Morgan fingerprint density at radius 3 is 2.61 bits per heavy atom. The number of carbonyl (C=O) groups excluding carboxylic acids is 2. The van der Waals surface area contributed by atoms with Crippen molar-refractivity contribution in [3.8, 4) is 10.6 Å². The van der Waals surface area contributed by atoms with Gasteiger partial charge in [-0.25, -0.2) is 9.78 Å². The largest absolute Gasteiger partial charge is 0.452 e. The summed E-state index contributed by atoms with van der Waals surface area (Å²) in [5, 5.41) is 3.73. The van der Waals surface area contributed by atoms with Crippen LogP contribution in [0.1, 0.15) is 42.5 Å². The molecule has 0 aliphatic heterocycles. The van der Waals surface area contributed by atoms with Crippen LogP contribution in [0.4, 0.5) is 0 Å². The first-order valence-electron chi connectivity index (χ1n) is 9.62. The summed E-state index contributed by atoms with van der Waals surface area (Å²) in [5.74, 6) is -0.744. The van der Waals surface area contributed by atoms with Crippen LogP contribution in [-0.4, -0.2) is 29.5 Å². The van der Waals surface area contributed by atoms with E-state index in [-0.39, 0.29) is 18.6 Å². The number of nitrogens with one attached hydrogen (secondary N) is 1. The topological polar surface area (TPSA) is 68.3 Å². The van der Waals surface area contributed by atoms with Gasteiger partial charge < -0.3 is 10.1 Å². The maximum absolute atomic E-state index is 12.6. The van der Waals surface area contributed by atoms with Gasteiger partial charge in [-0.05, 0) is 31.0 Å². The number of amides is 1.